The summed E-state index contributed by atoms with van der Waals surface area (Å²) in [5.74, 6) is 1.01. The zero-order valence-electron chi connectivity index (χ0n) is 20.5. The molecule has 39 heavy (non-hydrogen) atoms. The molecule has 0 saturated heterocycles. The van der Waals surface area contributed by atoms with Gasteiger partial charge >= 0.3 is 5.97 Å². The van der Waals surface area contributed by atoms with E-state index in [-0.39, 0.29) is 5.56 Å². The van der Waals surface area contributed by atoms with E-state index in [1.807, 2.05) is 12.1 Å². The molecule has 5 aromatic rings. The summed E-state index contributed by atoms with van der Waals surface area (Å²) in [7, 11) is 0. The number of carboxylic acid groups (broad SMARTS) is 1. The number of thiazole rings is 1. The molecule has 196 valence electrons. The van der Waals surface area contributed by atoms with Crippen LogP contribution in [0.15, 0.2) is 59.1 Å². The minimum atomic E-state index is -0.939. The first-order chi connectivity index (χ1) is 18.9. The number of nitrogens with zero attached hydrogens (tertiary/aromatic N) is 3. The molecule has 1 fully saturated rings. The lowest BCUT2D eigenvalue weighted by Gasteiger charge is -2.12. The van der Waals surface area contributed by atoms with Gasteiger partial charge in [0.25, 0.3) is 0 Å². The van der Waals surface area contributed by atoms with Crippen LogP contribution < -0.4 is 9.64 Å². The Kier molecular flexibility index (Phi) is 5.99. The van der Waals surface area contributed by atoms with Crippen molar-refractivity contribution in [1.29, 1.82) is 0 Å². The lowest BCUT2D eigenvalue weighted by molar-refractivity contribution is 0.0697. The molecule has 0 bridgehead atoms. The van der Waals surface area contributed by atoms with E-state index in [0.29, 0.717) is 40.4 Å². The van der Waals surface area contributed by atoms with Crippen molar-refractivity contribution in [3.05, 3.63) is 92.7 Å². The molecule has 3 heterocycles. The average molecular weight is 578 g/mol. The highest BCUT2D eigenvalue weighted by molar-refractivity contribution is 7.22. The third-order valence-corrected chi connectivity index (χ3v) is 8.85. The van der Waals surface area contributed by atoms with Crippen molar-refractivity contribution in [2.24, 2.45) is 0 Å². The number of anilines is 1. The van der Waals surface area contributed by atoms with Crippen LogP contribution in [0.4, 0.5) is 5.13 Å². The summed E-state index contributed by atoms with van der Waals surface area (Å²) in [5, 5.41) is 15.5. The molecule has 1 aliphatic carbocycles. The molecule has 3 aromatic carbocycles. The smallest absolute Gasteiger partial charge is 0.335 e. The normalized spacial score (nSPS) is 14.7. The van der Waals surface area contributed by atoms with Gasteiger partial charge in [-0.1, -0.05) is 51.8 Å². The van der Waals surface area contributed by atoms with Crippen LogP contribution in [0.5, 0.6) is 5.75 Å². The topological polar surface area (TPSA) is 88.7 Å². The van der Waals surface area contributed by atoms with Gasteiger partial charge in [0.2, 0.25) is 0 Å². The van der Waals surface area contributed by atoms with Crippen molar-refractivity contribution in [2.45, 2.75) is 38.5 Å². The predicted molar refractivity (Wildman–Crippen MR) is 151 cm³/mol. The van der Waals surface area contributed by atoms with Crippen molar-refractivity contribution >= 4 is 55.9 Å². The number of benzene rings is 3. The maximum Gasteiger partial charge on any atom is 0.335 e. The van der Waals surface area contributed by atoms with E-state index in [1.54, 1.807) is 30.3 Å². The minimum Gasteiger partial charge on any atom is -0.489 e. The molecule has 7 rings (SSSR count). The van der Waals surface area contributed by atoms with Crippen LogP contribution in [0.3, 0.4) is 0 Å². The molecule has 0 radical (unpaired) electrons. The number of carboxylic acids is 1. The highest BCUT2D eigenvalue weighted by Gasteiger charge is 2.34. The van der Waals surface area contributed by atoms with Crippen LogP contribution in [-0.2, 0) is 19.7 Å². The number of halogens is 2. The van der Waals surface area contributed by atoms with Gasteiger partial charge in [0.1, 0.15) is 23.8 Å². The summed E-state index contributed by atoms with van der Waals surface area (Å²) >= 11 is 14.5. The largest absolute Gasteiger partial charge is 0.489 e. The van der Waals surface area contributed by atoms with Crippen molar-refractivity contribution in [2.75, 3.05) is 4.90 Å². The zero-order valence-corrected chi connectivity index (χ0v) is 22.8. The number of fused-ring (bicyclic) bond motifs is 2. The Hall–Kier alpha value is -3.59. The van der Waals surface area contributed by atoms with E-state index in [2.05, 4.69) is 22.2 Å². The number of hydrogen-bond acceptors (Lipinski definition) is 7. The van der Waals surface area contributed by atoms with Gasteiger partial charge in [0, 0.05) is 24.6 Å². The standard InChI is InChI=1S/C29H21Cl2N3O4S/c30-21-2-1-3-22(31)25(21)26-20(27(38-33-26)15-4-5-15)14-37-19-8-6-17-12-34(13-18(17)10-19)29-32-23-9-7-16(28(35)36)11-24(23)39-29/h1-3,6-11,15H,4-5,12-14H2,(H,35,36). The van der Waals surface area contributed by atoms with E-state index < -0.39 is 5.97 Å². The number of rotatable bonds is 7. The molecule has 0 amide bonds. The van der Waals surface area contributed by atoms with Crippen LogP contribution >= 0.6 is 34.5 Å². The molecular formula is C29H21Cl2N3O4S. The van der Waals surface area contributed by atoms with Gasteiger partial charge < -0.3 is 19.3 Å². The third kappa shape index (κ3) is 4.52. The van der Waals surface area contributed by atoms with Crippen molar-refractivity contribution in [3.8, 4) is 17.0 Å². The highest BCUT2D eigenvalue weighted by Crippen LogP contribution is 2.46. The average Bonchev–Trinajstić information content (AvgIpc) is 3.34. The fourth-order valence-electron chi connectivity index (χ4n) is 4.98. The summed E-state index contributed by atoms with van der Waals surface area (Å²) < 4.78 is 12.9. The predicted octanol–water partition coefficient (Wildman–Crippen LogP) is 7.93. The lowest BCUT2D eigenvalue weighted by atomic mass is 10.0. The Bertz CT molecular complexity index is 1740. The van der Waals surface area contributed by atoms with Crippen molar-refractivity contribution in [3.63, 3.8) is 0 Å². The van der Waals surface area contributed by atoms with E-state index in [0.717, 1.165) is 51.8 Å². The summed E-state index contributed by atoms with van der Waals surface area (Å²) in [4.78, 5) is 18.3. The molecule has 0 atom stereocenters. The second-order valence-corrected chi connectivity index (χ2v) is 11.6. The Morgan fingerprint density at radius 3 is 2.64 bits per heavy atom. The number of aromatic carboxylic acids is 1. The van der Waals surface area contributed by atoms with E-state index in [9.17, 15) is 9.90 Å². The fraction of sp³-hybridized carbons (Fsp3) is 0.207. The third-order valence-electron chi connectivity index (χ3n) is 7.14. The van der Waals surface area contributed by atoms with Crippen molar-refractivity contribution in [1.82, 2.24) is 10.1 Å². The first kappa shape index (κ1) is 24.5. The first-order valence-corrected chi connectivity index (χ1v) is 14.1. The molecule has 7 nitrogen and oxygen atoms in total. The number of aromatic nitrogens is 2. The SMILES string of the molecule is O=C(O)c1ccc2nc(N3Cc4ccc(OCc5c(-c6c(Cl)cccc6Cl)noc5C5CC5)cc4C3)sc2c1. The van der Waals surface area contributed by atoms with E-state index >= 15 is 0 Å². The van der Waals surface area contributed by atoms with Crippen LogP contribution in [0.25, 0.3) is 21.5 Å². The van der Waals surface area contributed by atoms with Gasteiger partial charge in [0.05, 0.1) is 31.4 Å². The summed E-state index contributed by atoms with van der Waals surface area (Å²) in [6.45, 7) is 1.71. The molecule has 0 spiro atoms. The van der Waals surface area contributed by atoms with Gasteiger partial charge in [-0.2, -0.15) is 0 Å². The van der Waals surface area contributed by atoms with Gasteiger partial charge in [-0.15, -0.1) is 0 Å². The summed E-state index contributed by atoms with van der Waals surface area (Å²) in [6.07, 6.45) is 2.13. The molecule has 2 aliphatic rings. The molecule has 2 aromatic heterocycles. The van der Waals surface area contributed by atoms with Gasteiger partial charge in [-0.3, -0.25) is 0 Å². The maximum atomic E-state index is 11.3. The fourth-order valence-corrected chi connectivity index (χ4v) is 6.56. The molecule has 1 N–H and O–H groups in total. The van der Waals surface area contributed by atoms with E-state index in [1.165, 1.54) is 22.5 Å². The number of ether oxygens (including phenoxy) is 1. The monoisotopic (exact) mass is 577 g/mol. The summed E-state index contributed by atoms with van der Waals surface area (Å²) in [5.41, 5.74) is 5.61. The van der Waals surface area contributed by atoms with Crippen LogP contribution in [0.1, 0.15) is 51.6 Å². The Balaban J connectivity index is 1.12. The van der Waals surface area contributed by atoms with Gasteiger partial charge in [-0.05, 0) is 66.4 Å². The van der Waals surface area contributed by atoms with Gasteiger partial charge in [-0.25, -0.2) is 9.78 Å². The summed E-state index contributed by atoms with van der Waals surface area (Å²) in [6, 6.07) is 16.6. The van der Waals surface area contributed by atoms with Crippen LogP contribution in [0.2, 0.25) is 10.0 Å². The molecule has 0 unspecified atom stereocenters. The van der Waals surface area contributed by atoms with E-state index in [4.69, 9.17) is 37.4 Å². The quantitative estimate of drug-likeness (QED) is 0.210. The Morgan fingerprint density at radius 2 is 1.87 bits per heavy atom. The molecule has 1 saturated carbocycles. The Morgan fingerprint density at radius 1 is 1.08 bits per heavy atom. The van der Waals surface area contributed by atoms with Gasteiger partial charge in [0.15, 0.2) is 5.13 Å². The maximum absolute atomic E-state index is 11.3. The Labute approximate surface area is 237 Å². The second kappa shape index (κ2) is 9.55. The molecular weight excluding hydrogens is 557 g/mol. The first-order valence-electron chi connectivity index (χ1n) is 12.5. The molecule has 10 heteroatoms. The van der Waals surface area contributed by atoms with Crippen molar-refractivity contribution < 1.29 is 19.2 Å². The second-order valence-electron chi connectivity index (χ2n) is 9.80. The van der Waals surface area contributed by atoms with Crippen LogP contribution in [-0.4, -0.2) is 21.2 Å². The lowest BCUT2D eigenvalue weighted by Crippen LogP contribution is -2.13. The number of carbonyl (C=O) groups is 1. The number of hydrogen-bond donors (Lipinski definition) is 1. The zero-order chi connectivity index (χ0) is 26.7. The molecule has 1 aliphatic heterocycles. The van der Waals surface area contributed by atoms with Crippen LogP contribution in [0, 0.1) is 0 Å². The highest BCUT2D eigenvalue weighted by atomic mass is 35.5. The minimum absolute atomic E-state index is 0.266.